The number of aryl methyl sites for hydroxylation is 4. The predicted octanol–water partition coefficient (Wildman–Crippen LogP) is 3.03. The van der Waals surface area contributed by atoms with Crippen LogP contribution < -0.4 is 31.4 Å². The van der Waals surface area contributed by atoms with E-state index in [-0.39, 0.29) is 53.6 Å². The van der Waals surface area contributed by atoms with Crippen LogP contribution in [0.5, 0.6) is 0 Å². The lowest BCUT2D eigenvalue weighted by Gasteiger charge is -2.19. The minimum atomic E-state index is -4.31. The number of carboxylic acids is 1. The molecule has 3 amide bonds. The molecular weight excluding hydrogens is 769 g/mol. The number of carbonyl (C=O) groups excluding carboxylic acids is 3. The summed E-state index contributed by atoms with van der Waals surface area (Å²) < 4.78 is 36.0. The van der Waals surface area contributed by atoms with E-state index in [0.29, 0.717) is 61.7 Å². The molecule has 1 atom stereocenters. The van der Waals surface area contributed by atoms with E-state index in [1.54, 1.807) is 61.1 Å². The Kier molecular flexibility index (Phi) is 17.0. The maximum absolute atomic E-state index is 13.7. The molecule has 0 bridgehead atoms. The quantitative estimate of drug-likeness (QED) is 0.0507. The first-order valence-electron chi connectivity index (χ1n) is 19.3. The van der Waals surface area contributed by atoms with Crippen molar-refractivity contribution in [2.75, 3.05) is 38.2 Å². The summed E-state index contributed by atoms with van der Waals surface area (Å²) in [4.78, 5) is 71.2. The number of aromatic nitrogens is 3. The highest BCUT2D eigenvalue weighted by atomic mass is 32.2. The molecule has 0 saturated heterocycles. The molecule has 1 unspecified atom stereocenters. The number of carbonyl (C=O) groups is 4. The van der Waals surface area contributed by atoms with Gasteiger partial charge < -0.3 is 40.7 Å². The number of anilines is 1. The largest absolute Gasteiger partial charge is 0.480 e. The van der Waals surface area contributed by atoms with Crippen LogP contribution in [0.3, 0.4) is 0 Å². The molecule has 314 valence electrons. The summed E-state index contributed by atoms with van der Waals surface area (Å²) in [6.07, 6.45) is 7.82. The predicted molar refractivity (Wildman–Crippen MR) is 219 cm³/mol. The number of unbranched alkanes of at least 4 members (excludes halogenated alkanes) is 1. The van der Waals surface area contributed by atoms with Crippen molar-refractivity contribution < 1.29 is 37.4 Å². The first-order valence-corrected chi connectivity index (χ1v) is 20.8. The van der Waals surface area contributed by atoms with Crippen LogP contribution in [0, 0.1) is 20.8 Å². The number of ether oxygens (including phenoxy) is 1. The van der Waals surface area contributed by atoms with Gasteiger partial charge in [0.25, 0.3) is 5.91 Å². The third-order valence-corrected chi connectivity index (χ3v) is 11.0. The maximum atomic E-state index is 13.7. The second kappa shape index (κ2) is 21.8. The highest BCUT2D eigenvalue weighted by Crippen LogP contribution is 2.22. The zero-order chi connectivity index (χ0) is 42.2. The van der Waals surface area contributed by atoms with E-state index >= 15 is 0 Å². The van der Waals surface area contributed by atoms with E-state index in [1.807, 2.05) is 6.92 Å². The topological polar surface area (TPSA) is 243 Å². The molecule has 0 fully saturated rings. The number of imidazole rings is 1. The molecule has 58 heavy (non-hydrogen) atoms. The SMILES string of the molecule is CCCCOCCCNC(=O)CCC(=O)NCCCn1cc(C(=O)NCC(NS(=O)(=O)c2c(C)cc(C)cc2C)C(=O)O)c(=O)c2ccc(CNc3ncc[nH]3)cc21. The molecule has 0 aliphatic rings. The lowest BCUT2D eigenvalue weighted by atomic mass is 10.1. The smallest absolute Gasteiger partial charge is 0.323 e. The maximum Gasteiger partial charge on any atom is 0.323 e. The molecule has 7 N–H and O–H groups in total. The van der Waals surface area contributed by atoms with Gasteiger partial charge in [-0.15, -0.1) is 0 Å². The third-order valence-electron chi connectivity index (χ3n) is 9.19. The zero-order valence-corrected chi connectivity index (χ0v) is 34.2. The Morgan fingerprint density at radius 2 is 1.60 bits per heavy atom. The van der Waals surface area contributed by atoms with Gasteiger partial charge in [0.2, 0.25) is 27.3 Å². The Balaban J connectivity index is 1.43. The molecule has 0 saturated carbocycles. The van der Waals surface area contributed by atoms with Crippen molar-refractivity contribution >= 4 is 50.6 Å². The van der Waals surface area contributed by atoms with Gasteiger partial charge >= 0.3 is 5.97 Å². The van der Waals surface area contributed by atoms with Crippen molar-refractivity contribution in [3.8, 4) is 0 Å². The van der Waals surface area contributed by atoms with Gasteiger partial charge in [-0.3, -0.25) is 24.0 Å². The summed E-state index contributed by atoms with van der Waals surface area (Å²) in [6.45, 7) is 9.07. The normalized spacial score (nSPS) is 11.9. The molecule has 2 aromatic carbocycles. The molecule has 4 aromatic rings. The van der Waals surface area contributed by atoms with E-state index in [9.17, 15) is 37.5 Å². The first-order chi connectivity index (χ1) is 27.7. The number of sulfonamides is 1. The fourth-order valence-corrected chi connectivity index (χ4v) is 8.02. The minimum Gasteiger partial charge on any atom is -0.480 e. The zero-order valence-electron chi connectivity index (χ0n) is 33.4. The summed E-state index contributed by atoms with van der Waals surface area (Å²) in [7, 11) is -4.31. The second-order valence-corrected chi connectivity index (χ2v) is 15.7. The van der Waals surface area contributed by atoms with Crippen LogP contribution in [0.1, 0.15) is 78.1 Å². The van der Waals surface area contributed by atoms with Crippen molar-refractivity contribution in [1.82, 2.24) is 35.2 Å². The van der Waals surface area contributed by atoms with Crippen molar-refractivity contribution in [3.63, 3.8) is 0 Å². The number of hydrogen-bond acceptors (Lipinski definition) is 10. The molecule has 0 aliphatic heterocycles. The Morgan fingerprint density at radius 3 is 2.24 bits per heavy atom. The van der Waals surface area contributed by atoms with Gasteiger partial charge in [0, 0.05) is 82.8 Å². The van der Waals surface area contributed by atoms with Gasteiger partial charge in [0.05, 0.1) is 10.4 Å². The number of pyridine rings is 1. The lowest BCUT2D eigenvalue weighted by molar-refractivity contribution is -0.138. The summed E-state index contributed by atoms with van der Waals surface area (Å²) in [5, 5.41) is 21.3. The number of hydrogen-bond donors (Lipinski definition) is 7. The summed E-state index contributed by atoms with van der Waals surface area (Å²) >= 11 is 0. The number of nitrogens with one attached hydrogen (secondary N) is 6. The number of aliphatic carboxylic acids is 1. The van der Waals surface area contributed by atoms with Gasteiger partial charge in [-0.2, -0.15) is 4.72 Å². The standard InChI is InChI=1S/C40H54N8O9S/c1-5-6-18-57-19-8-14-42-35(50)12-11-34(49)41-13-7-17-48-25-31(36(51)30-10-9-29(22-33(30)48)23-46-40-43-15-16-44-40)38(52)45-24-32(39(53)54)47-58(55,56)37-27(3)20-26(2)21-28(37)4/h9-10,15-16,20-22,25,32,47H,5-8,11-14,17-19,23-24H2,1-4H3,(H,41,49)(H,42,50)(H,45,52)(H,53,54)(H2,43,44,46). The number of rotatable bonds is 24. The van der Waals surface area contributed by atoms with E-state index < -0.39 is 39.9 Å². The molecule has 0 radical (unpaired) electrons. The molecule has 2 aromatic heterocycles. The molecule has 2 heterocycles. The Hall–Kier alpha value is -5.59. The lowest BCUT2D eigenvalue weighted by Crippen LogP contribution is -2.49. The number of H-pyrrole nitrogens is 1. The average molecular weight is 823 g/mol. The van der Waals surface area contributed by atoms with Crippen molar-refractivity contribution in [2.24, 2.45) is 0 Å². The van der Waals surface area contributed by atoms with Crippen molar-refractivity contribution in [3.05, 3.63) is 87.0 Å². The summed E-state index contributed by atoms with van der Waals surface area (Å²) in [5.74, 6) is -2.39. The molecule has 18 heteroatoms. The second-order valence-electron chi connectivity index (χ2n) is 14.0. The van der Waals surface area contributed by atoms with Crippen LogP contribution in [0.2, 0.25) is 0 Å². The van der Waals surface area contributed by atoms with Gasteiger partial charge in [-0.1, -0.05) is 37.1 Å². The van der Waals surface area contributed by atoms with Gasteiger partial charge in [-0.05, 0) is 68.9 Å². The third kappa shape index (κ3) is 13.2. The number of aromatic amines is 1. The number of benzene rings is 2. The van der Waals surface area contributed by atoms with Crippen LogP contribution in [0.4, 0.5) is 5.95 Å². The van der Waals surface area contributed by atoms with Crippen LogP contribution >= 0.6 is 0 Å². The minimum absolute atomic E-state index is 0.00780. The Morgan fingerprint density at radius 1 is 0.931 bits per heavy atom. The molecule has 4 rings (SSSR count). The monoisotopic (exact) mass is 822 g/mol. The highest BCUT2D eigenvalue weighted by Gasteiger charge is 2.29. The fourth-order valence-electron chi connectivity index (χ4n) is 6.38. The molecular formula is C40H54N8O9S. The van der Waals surface area contributed by atoms with E-state index in [2.05, 4.69) is 42.9 Å². The van der Waals surface area contributed by atoms with Crippen LogP contribution in [0.15, 0.2) is 58.6 Å². The molecule has 0 spiro atoms. The van der Waals surface area contributed by atoms with Crippen molar-refractivity contribution in [2.45, 2.75) is 90.2 Å². The molecule has 17 nitrogen and oxygen atoms in total. The number of amides is 3. The van der Waals surface area contributed by atoms with Gasteiger partial charge in [0.1, 0.15) is 11.6 Å². The number of carboxylic acid groups (broad SMARTS) is 1. The first kappa shape index (κ1) is 45.1. The summed E-state index contributed by atoms with van der Waals surface area (Å²) in [5.41, 5.74) is 2.14. The van der Waals surface area contributed by atoms with Crippen LogP contribution in [-0.4, -0.2) is 90.6 Å². The Bertz CT molecular complexity index is 2200. The van der Waals surface area contributed by atoms with Crippen LogP contribution in [-0.2, 0) is 42.2 Å². The van der Waals surface area contributed by atoms with Gasteiger partial charge in [-0.25, -0.2) is 13.4 Å². The van der Waals surface area contributed by atoms with Crippen molar-refractivity contribution in [1.29, 1.82) is 0 Å². The Labute approximate surface area is 337 Å². The van der Waals surface area contributed by atoms with Gasteiger partial charge in [0.15, 0.2) is 5.95 Å². The van der Waals surface area contributed by atoms with E-state index in [4.69, 9.17) is 4.74 Å². The number of nitrogens with zero attached hydrogens (tertiary/aromatic N) is 2. The van der Waals surface area contributed by atoms with E-state index in [0.717, 1.165) is 24.0 Å². The van der Waals surface area contributed by atoms with E-state index in [1.165, 1.54) is 6.20 Å². The summed E-state index contributed by atoms with van der Waals surface area (Å²) in [6, 6.07) is 6.72. The average Bonchev–Trinajstić information content (AvgIpc) is 3.70. The highest BCUT2D eigenvalue weighted by molar-refractivity contribution is 7.89. The fraction of sp³-hybridized carbons (Fsp3) is 0.450. The number of fused-ring (bicyclic) bond motifs is 1. The van der Waals surface area contributed by atoms with Crippen LogP contribution in [0.25, 0.3) is 10.9 Å². The molecule has 0 aliphatic carbocycles.